The van der Waals surface area contributed by atoms with Crippen molar-refractivity contribution in [1.82, 2.24) is 35.1 Å². The first-order valence-electron chi connectivity index (χ1n) is 11.1. The second kappa shape index (κ2) is 7.65. The van der Waals surface area contributed by atoms with Crippen LogP contribution in [0, 0.1) is 5.92 Å². The molecule has 3 aromatic rings. The molecule has 1 spiro atoms. The number of likely N-dealkylation sites (tertiary alicyclic amines) is 1. The first kappa shape index (κ1) is 22.6. The van der Waals surface area contributed by atoms with Gasteiger partial charge >= 0.3 is 12.2 Å². The lowest BCUT2D eigenvalue weighted by atomic mass is 9.84. The molecule has 2 fully saturated rings. The molecule has 0 radical (unpaired) electrons. The summed E-state index contributed by atoms with van der Waals surface area (Å²) in [4.78, 5) is 18.9. The summed E-state index contributed by atoms with van der Waals surface area (Å²) in [5.74, 6) is 0.359. The zero-order valence-electron chi connectivity index (χ0n) is 18.7. The van der Waals surface area contributed by atoms with Crippen LogP contribution in [-0.4, -0.2) is 70.1 Å². The number of amides is 2. The molecule has 4 heterocycles. The van der Waals surface area contributed by atoms with Gasteiger partial charge in [0.1, 0.15) is 11.2 Å². The van der Waals surface area contributed by atoms with E-state index in [0.29, 0.717) is 47.9 Å². The fraction of sp³-hybridized carbons (Fsp3) is 0.571. The molecule has 2 amide bonds. The summed E-state index contributed by atoms with van der Waals surface area (Å²) in [5, 5.41) is 28.1. The maximum Gasteiger partial charge on any atom is 0.417 e. The van der Waals surface area contributed by atoms with E-state index in [1.807, 2.05) is 0 Å². The Labute approximate surface area is 192 Å². The van der Waals surface area contributed by atoms with Gasteiger partial charge in [-0.1, -0.05) is 19.1 Å². The Bertz CT molecular complexity index is 1230. The van der Waals surface area contributed by atoms with E-state index in [1.54, 1.807) is 16.9 Å². The number of aromatic nitrogens is 6. The SMILES string of the molecule is CC(C)Cn1nnc2cnc(-c3[nH]ncc3NC(=O)N3CCC(O)(C(F)(F)F)CC34CC4)cc21. The Balaban J connectivity index is 1.37. The molecule has 13 heteroatoms. The molecule has 0 aromatic carbocycles. The molecular formula is C21H25F3N8O2. The third kappa shape index (κ3) is 3.77. The van der Waals surface area contributed by atoms with Crippen LogP contribution in [-0.2, 0) is 6.54 Å². The van der Waals surface area contributed by atoms with E-state index >= 15 is 0 Å². The summed E-state index contributed by atoms with van der Waals surface area (Å²) in [6.45, 7) is 4.62. The standard InChI is InChI=1S/C21H25F3N8O2/c1-12(2)10-32-16-7-13(25-8-14(16)28-30-32)17-15(9-26-29-17)27-18(33)31-6-5-20(34,21(22,23)24)11-19(31)3-4-19/h7-9,12,34H,3-6,10-11H2,1-2H3,(H,26,29)(H,27,33). The molecule has 3 N–H and O–H groups in total. The van der Waals surface area contributed by atoms with Crippen molar-refractivity contribution >= 4 is 22.8 Å². The molecule has 2 aliphatic rings. The second-order valence-corrected chi connectivity index (χ2v) is 9.64. The van der Waals surface area contributed by atoms with Crippen molar-refractivity contribution in [2.24, 2.45) is 5.92 Å². The first-order valence-corrected chi connectivity index (χ1v) is 11.1. The molecule has 1 saturated heterocycles. The van der Waals surface area contributed by atoms with Crippen LogP contribution in [0.2, 0.25) is 0 Å². The maximum absolute atomic E-state index is 13.4. The Kier molecular flexibility index (Phi) is 5.08. The summed E-state index contributed by atoms with van der Waals surface area (Å²) >= 11 is 0. The van der Waals surface area contributed by atoms with Gasteiger partial charge in [-0.2, -0.15) is 18.3 Å². The number of piperidine rings is 1. The van der Waals surface area contributed by atoms with Crippen molar-refractivity contribution < 1.29 is 23.1 Å². The average Bonchev–Trinajstić information content (AvgIpc) is 3.17. The summed E-state index contributed by atoms with van der Waals surface area (Å²) in [6, 6.07) is 1.27. The largest absolute Gasteiger partial charge is 0.417 e. The number of aromatic amines is 1. The molecule has 3 aromatic heterocycles. The van der Waals surface area contributed by atoms with Gasteiger partial charge in [-0.3, -0.25) is 10.1 Å². The predicted octanol–water partition coefficient (Wildman–Crippen LogP) is 3.33. The van der Waals surface area contributed by atoms with Crippen LogP contribution in [0.3, 0.4) is 0 Å². The third-order valence-corrected chi connectivity index (χ3v) is 6.62. The summed E-state index contributed by atoms with van der Waals surface area (Å²) < 4.78 is 41.9. The van der Waals surface area contributed by atoms with Gasteiger partial charge in [0.15, 0.2) is 5.60 Å². The van der Waals surface area contributed by atoms with Gasteiger partial charge in [0, 0.05) is 31.5 Å². The molecule has 10 nitrogen and oxygen atoms in total. The van der Waals surface area contributed by atoms with Crippen LogP contribution in [0.1, 0.15) is 39.5 Å². The molecule has 1 atom stereocenters. The van der Waals surface area contributed by atoms with Crippen LogP contribution >= 0.6 is 0 Å². The average molecular weight is 478 g/mol. The Morgan fingerprint density at radius 1 is 1.29 bits per heavy atom. The highest BCUT2D eigenvalue weighted by molar-refractivity contribution is 5.94. The minimum absolute atomic E-state index is 0.195. The highest BCUT2D eigenvalue weighted by Crippen LogP contribution is 2.55. The van der Waals surface area contributed by atoms with Crippen LogP contribution in [0.25, 0.3) is 22.4 Å². The number of anilines is 1. The molecular weight excluding hydrogens is 453 g/mol. The fourth-order valence-corrected chi connectivity index (χ4v) is 4.66. The topological polar surface area (TPSA) is 125 Å². The van der Waals surface area contributed by atoms with Crippen LogP contribution < -0.4 is 5.32 Å². The zero-order valence-corrected chi connectivity index (χ0v) is 18.7. The number of rotatable bonds is 4. The minimum atomic E-state index is -4.73. The van der Waals surface area contributed by atoms with Gasteiger partial charge in [0.2, 0.25) is 0 Å². The molecule has 34 heavy (non-hydrogen) atoms. The number of hydrogen-bond acceptors (Lipinski definition) is 6. The molecule has 1 aliphatic heterocycles. The van der Waals surface area contributed by atoms with Crippen molar-refractivity contribution in [3.8, 4) is 11.4 Å². The normalized spacial score (nSPS) is 22.0. The van der Waals surface area contributed by atoms with Gasteiger partial charge in [-0.05, 0) is 24.8 Å². The smallest absolute Gasteiger partial charge is 0.380 e. The number of pyridine rings is 1. The van der Waals surface area contributed by atoms with Gasteiger partial charge in [0.25, 0.3) is 0 Å². The molecule has 1 aliphatic carbocycles. The monoisotopic (exact) mass is 478 g/mol. The van der Waals surface area contributed by atoms with E-state index in [1.165, 1.54) is 11.1 Å². The fourth-order valence-electron chi connectivity index (χ4n) is 4.66. The van der Waals surface area contributed by atoms with Crippen LogP contribution in [0.4, 0.5) is 23.7 Å². The van der Waals surface area contributed by atoms with Crippen LogP contribution in [0.15, 0.2) is 18.5 Å². The van der Waals surface area contributed by atoms with Crippen molar-refractivity contribution in [3.05, 3.63) is 18.5 Å². The lowest BCUT2D eigenvalue weighted by Gasteiger charge is -2.45. The number of H-pyrrole nitrogens is 1. The minimum Gasteiger partial charge on any atom is -0.380 e. The Morgan fingerprint density at radius 2 is 2.06 bits per heavy atom. The molecule has 0 bridgehead atoms. The molecule has 1 saturated carbocycles. The van der Waals surface area contributed by atoms with Crippen molar-refractivity contribution in [1.29, 1.82) is 0 Å². The number of halogens is 3. The molecule has 5 rings (SSSR count). The number of hydrogen-bond donors (Lipinski definition) is 3. The number of urea groups is 1. The molecule has 182 valence electrons. The number of carbonyl (C=O) groups excluding carboxylic acids is 1. The van der Waals surface area contributed by atoms with Crippen molar-refractivity contribution in [2.75, 3.05) is 11.9 Å². The van der Waals surface area contributed by atoms with E-state index < -0.39 is 36.2 Å². The lowest BCUT2D eigenvalue weighted by molar-refractivity contribution is -0.277. The maximum atomic E-state index is 13.4. The van der Waals surface area contributed by atoms with Gasteiger partial charge in [-0.15, -0.1) is 5.10 Å². The molecule has 1 unspecified atom stereocenters. The summed E-state index contributed by atoms with van der Waals surface area (Å²) in [7, 11) is 0. The number of aliphatic hydroxyl groups is 1. The van der Waals surface area contributed by atoms with Gasteiger partial charge in [-0.25, -0.2) is 9.48 Å². The third-order valence-electron chi connectivity index (χ3n) is 6.62. The van der Waals surface area contributed by atoms with E-state index in [4.69, 9.17) is 0 Å². The highest BCUT2D eigenvalue weighted by atomic mass is 19.4. The highest BCUT2D eigenvalue weighted by Gasteiger charge is 2.65. The zero-order chi connectivity index (χ0) is 24.3. The number of nitrogens with one attached hydrogen (secondary N) is 2. The van der Waals surface area contributed by atoms with Gasteiger partial charge in [0.05, 0.1) is 29.3 Å². The summed E-state index contributed by atoms with van der Waals surface area (Å²) in [5.41, 5.74) is -1.01. The Morgan fingerprint density at radius 3 is 2.74 bits per heavy atom. The quantitative estimate of drug-likeness (QED) is 0.528. The Hall–Kier alpha value is -3.22. The first-order chi connectivity index (χ1) is 16.0. The summed E-state index contributed by atoms with van der Waals surface area (Å²) in [6.07, 6.45) is -1.95. The van der Waals surface area contributed by atoms with E-state index in [0.717, 1.165) is 5.52 Å². The number of nitrogens with zero attached hydrogens (tertiary/aromatic N) is 6. The predicted molar refractivity (Wildman–Crippen MR) is 116 cm³/mol. The number of carbonyl (C=O) groups is 1. The number of alkyl halides is 3. The van der Waals surface area contributed by atoms with E-state index in [9.17, 15) is 23.1 Å². The number of fused-ring (bicyclic) bond motifs is 1. The van der Waals surface area contributed by atoms with Crippen LogP contribution in [0.5, 0.6) is 0 Å². The van der Waals surface area contributed by atoms with Crippen molar-refractivity contribution in [3.63, 3.8) is 0 Å². The lowest BCUT2D eigenvalue weighted by Crippen LogP contribution is -2.60. The van der Waals surface area contributed by atoms with Crippen molar-refractivity contribution in [2.45, 2.75) is 63.4 Å². The second-order valence-electron chi connectivity index (χ2n) is 9.64. The van der Waals surface area contributed by atoms with Gasteiger partial charge < -0.3 is 15.3 Å². The van der Waals surface area contributed by atoms with E-state index in [2.05, 4.69) is 44.7 Å². The van der Waals surface area contributed by atoms with E-state index in [-0.39, 0.29) is 6.54 Å².